The summed E-state index contributed by atoms with van der Waals surface area (Å²) < 4.78 is 0. The molecule has 0 unspecified atom stereocenters. The van der Waals surface area contributed by atoms with Crippen LogP contribution in [0.5, 0.6) is 0 Å². The van der Waals surface area contributed by atoms with Crippen LogP contribution in [0.15, 0.2) is 40.7 Å². The SMILES string of the molecule is Cc1ccsc1C=Nc1ccccc1C(C)(C)C. The molecule has 0 aliphatic carbocycles. The van der Waals surface area contributed by atoms with Crippen molar-refractivity contribution < 1.29 is 0 Å². The highest BCUT2D eigenvalue weighted by molar-refractivity contribution is 7.11. The number of thiophene rings is 1. The van der Waals surface area contributed by atoms with E-state index in [4.69, 9.17) is 0 Å². The van der Waals surface area contributed by atoms with E-state index in [0.717, 1.165) is 5.69 Å². The first-order valence-corrected chi connectivity index (χ1v) is 7.04. The monoisotopic (exact) mass is 257 g/mol. The number of nitrogens with zero attached hydrogens (tertiary/aromatic N) is 1. The molecule has 0 spiro atoms. The van der Waals surface area contributed by atoms with Gasteiger partial charge in [-0.2, -0.15) is 0 Å². The van der Waals surface area contributed by atoms with Crippen molar-refractivity contribution in [3.63, 3.8) is 0 Å². The summed E-state index contributed by atoms with van der Waals surface area (Å²) in [4.78, 5) is 5.90. The first-order valence-electron chi connectivity index (χ1n) is 6.16. The van der Waals surface area contributed by atoms with Gasteiger partial charge in [-0.3, -0.25) is 4.99 Å². The summed E-state index contributed by atoms with van der Waals surface area (Å²) in [6.07, 6.45) is 1.98. The Balaban J connectivity index is 2.36. The van der Waals surface area contributed by atoms with Crippen molar-refractivity contribution in [3.05, 3.63) is 51.7 Å². The second-order valence-corrected chi connectivity index (χ2v) is 6.44. The third-order valence-electron chi connectivity index (χ3n) is 2.93. The van der Waals surface area contributed by atoms with Crippen LogP contribution >= 0.6 is 11.3 Å². The lowest BCUT2D eigenvalue weighted by atomic mass is 9.86. The highest BCUT2D eigenvalue weighted by Crippen LogP contribution is 2.31. The molecule has 2 heteroatoms. The molecular formula is C16H19NS. The normalized spacial score (nSPS) is 12.2. The van der Waals surface area contributed by atoms with E-state index in [0.29, 0.717) is 0 Å². The van der Waals surface area contributed by atoms with Crippen LogP contribution in [0.2, 0.25) is 0 Å². The molecule has 94 valence electrons. The van der Waals surface area contributed by atoms with Gasteiger partial charge in [0.2, 0.25) is 0 Å². The number of aliphatic imine (C=N–C) groups is 1. The highest BCUT2D eigenvalue weighted by Gasteiger charge is 2.16. The zero-order valence-corrected chi connectivity index (χ0v) is 12.2. The first kappa shape index (κ1) is 13.0. The van der Waals surface area contributed by atoms with E-state index in [1.165, 1.54) is 16.0 Å². The fraction of sp³-hybridized carbons (Fsp3) is 0.312. The number of rotatable bonds is 2. The van der Waals surface area contributed by atoms with Gasteiger partial charge in [0.15, 0.2) is 0 Å². The second-order valence-electron chi connectivity index (χ2n) is 5.49. The molecule has 18 heavy (non-hydrogen) atoms. The van der Waals surface area contributed by atoms with Gasteiger partial charge in [0, 0.05) is 11.1 Å². The van der Waals surface area contributed by atoms with Crippen LogP contribution in [-0.2, 0) is 5.41 Å². The summed E-state index contributed by atoms with van der Waals surface area (Å²) in [5.74, 6) is 0. The van der Waals surface area contributed by atoms with Gasteiger partial charge in [-0.25, -0.2) is 0 Å². The quantitative estimate of drug-likeness (QED) is 0.663. The zero-order valence-electron chi connectivity index (χ0n) is 11.4. The van der Waals surface area contributed by atoms with Gasteiger partial charge in [-0.1, -0.05) is 39.0 Å². The molecule has 1 nitrogen and oxygen atoms in total. The molecule has 0 N–H and O–H groups in total. The summed E-state index contributed by atoms with van der Waals surface area (Å²) in [5.41, 5.74) is 3.77. The Morgan fingerprint density at radius 3 is 2.44 bits per heavy atom. The third kappa shape index (κ3) is 2.88. The fourth-order valence-corrected chi connectivity index (χ4v) is 2.65. The smallest absolute Gasteiger partial charge is 0.0667 e. The Morgan fingerprint density at radius 1 is 1.11 bits per heavy atom. The summed E-state index contributed by atoms with van der Waals surface area (Å²) in [7, 11) is 0. The lowest BCUT2D eigenvalue weighted by Gasteiger charge is -2.20. The molecule has 1 aromatic carbocycles. The van der Waals surface area contributed by atoms with E-state index in [9.17, 15) is 0 Å². The van der Waals surface area contributed by atoms with Crippen molar-refractivity contribution in [3.8, 4) is 0 Å². The summed E-state index contributed by atoms with van der Waals surface area (Å²) in [5, 5.41) is 2.10. The minimum Gasteiger partial charge on any atom is -0.255 e. The van der Waals surface area contributed by atoms with Crippen molar-refractivity contribution in [1.82, 2.24) is 0 Å². The van der Waals surface area contributed by atoms with E-state index in [1.807, 2.05) is 12.3 Å². The molecule has 2 rings (SSSR count). The van der Waals surface area contributed by atoms with Gasteiger partial charge in [0.1, 0.15) is 0 Å². The average Bonchev–Trinajstić information content (AvgIpc) is 2.71. The molecule has 0 fully saturated rings. The Labute approximate surface area is 113 Å². The lowest BCUT2D eigenvalue weighted by Crippen LogP contribution is -2.10. The molecule has 0 aliphatic rings. The molecule has 1 aromatic heterocycles. The van der Waals surface area contributed by atoms with Gasteiger partial charge >= 0.3 is 0 Å². The number of para-hydroxylation sites is 1. The maximum absolute atomic E-state index is 4.66. The number of hydrogen-bond acceptors (Lipinski definition) is 2. The summed E-state index contributed by atoms with van der Waals surface area (Å²) in [6, 6.07) is 10.5. The maximum Gasteiger partial charge on any atom is 0.0667 e. The van der Waals surface area contributed by atoms with Gasteiger partial charge in [0.25, 0.3) is 0 Å². The van der Waals surface area contributed by atoms with Gasteiger partial charge in [0.05, 0.1) is 5.69 Å². The van der Waals surface area contributed by atoms with E-state index >= 15 is 0 Å². The fourth-order valence-electron chi connectivity index (χ4n) is 1.87. The minimum absolute atomic E-state index is 0.123. The predicted molar refractivity (Wildman–Crippen MR) is 81.5 cm³/mol. The number of benzene rings is 1. The number of hydrogen-bond donors (Lipinski definition) is 0. The Bertz CT molecular complexity index is 558. The molecule has 0 aliphatic heterocycles. The van der Waals surface area contributed by atoms with Crippen molar-refractivity contribution >= 4 is 23.2 Å². The average molecular weight is 257 g/mol. The molecule has 2 aromatic rings. The van der Waals surface area contributed by atoms with Crippen LogP contribution in [0.4, 0.5) is 5.69 Å². The van der Waals surface area contributed by atoms with Crippen molar-refractivity contribution in [2.45, 2.75) is 33.1 Å². The lowest BCUT2D eigenvalue weighted by molar-refractivity contribution is 0.591. The van der Waals surface area contributed by atoms with Crippen LogP contribution in [0.25, 0.3) is 0 Å². The van der Waals surface area contributed by atoms with Crippen LogP contribution in [0.3, 0.4) is 0 Å². The molecular weight excluding hydrogens is 238 g/mol. The Hall–Kier alpha value is -1.41. The van der Waals surface area contributed by atoms with E-state index in [2.05, 4.69) is 62.3 Å². The van der Waals surface area contributed by atoms with Crippen LogP contribution in [-0.4, -0.2) is 6.21 Å². The standard InChI is InChI=1S/C16H19NS/c1-12-9-10-18-15(12)11-17-14-8-6-5-7-13(14)16(2,3)4/h5-11H,1-4H3. The summed E-state index contributed by atoms with van der Waals surface area (Å²) >= 11 is 1.73. The minimum atomic E-state index is 0.123. The van der Waals surface area contributed by atoms with Crippen molar-refractivity contribution in [2.75, 3.05) is 0 Å². The first-order chi connectivity index (χ1) is 8.48. The molecule has 0 saturated carbocycles. The van der Waals surface area contributed by atoms with Crippen LogP contribution in [0.1, 0.15) is 36.8 Å². The summed E-state index contributed by atoms with van der Waals surface area (Å²) in [6.45, 7) is 8.78. The molecule has 0 atom stereocenters. The second kappa shape index (κ2) is 5.07. The molecule has 0 saturated heterocycles. The van der Waals surface area contributed by atoms with E-state index in [1.54, 1.807) is 11.3 Å². The Morgan fingerprint density at radius 2 is 1.83 bits per heavy atom. The van der Waals surface area contributed by atoms with Crippen molar-refractivity contribution in [2.24, 2.45) is 4.99 Å². The van der Waals surface area contributed by atoms with Crippen LogP contribution in [0, 0.1) is 6.92 Å². The largest absolute Gasteiger partial charge is 0.255 e. The predicted octanol–water partition coefficient (Wildman–Crippen LogP) is 5.10. The molecule has 0 bridgehead atoms. The number of aryl methyl sites for hydroxylation is 1. The highest BCUT2D eigenvalue weighted by atomic mass is 32.1. The molecule has 1 heterocycles. The zero-order chi connectivity index (χ0) is 13.2. The maximum atomic E-state index is 4.66. The van der Waals surface area contributed by atoms with Crippen LogP contribution < -0.4 is 0 Å². The van der Waals surface area contributed by atoms with E-state index in [-0.39, 0.29) is 5.41 Å². The van der Waals surface area contributed by atoms with E-state index < -0.39 is 0 Å². The topological polar surface area (TPSA) is 12.4 Å². The van der Waals surface area contributed by atoms with Crippen molar-refractivity contribution in [1.29, 1.82) is 0 Å². The van der Waals surface area contributed by atoms with Gasteiger partial charge in [-0.05, 0) is 41.0 Å². The molecule has 0 amide bonds. The third-order valence-corrected chi connectivity index (χ3v) is 3.89. The van der Waals surface area contributed by atoms with Gasteiger partial charge < -0.3 is 0 Å². The molecule has 0 radical (unpaired) electrons. The van der Waals surface area contributed by atoms with Gasteiger partial charge in [-0.15, -0.1) is 11.3 Å². The Kier molecular flexibility index (Phi) is 3.67.